The molecule has 3 atom stereocenters. The largest absolute Gasteiger partial charge is 1.00 e. The Hall–Kier alpha value is -0.650. The summed E-state index contributed by atoms with van der Waals surface area (Å²) >= 11 is 0. The summed E-state index contributed by atoms with van der Waals surface area (Å²) < 4.78 is 51.5. The minimum absolute atomic E-state index is 0. The van der Waals surface area contributed by atoms with Gasteiger partial charge in [-0.15, -0.1) is 0 Å². The van der Waals surface area contributed by atoms with Crippen LogP contribution < -0.4 is 59.1 Å². The summed E-state index contributed by atoms with van der Waals surface area (Å²) in [5.74, 6) is -4.75. The first-order valence-electron chi connectivity index (χ1n) is 24.4. The molecule has 0 amide bonds. The molecule has 394 valence electrons. The van der Waals surface area contributed by atoms with Gasteiger partial charge in [0.05, 0.1) is 71.5 Å². The normalized spacial score (nSPS) is 12.4. The van der Waals surface area contributed by atoms with E-state index in [1.807, 2.05) is 12.2 Å². The van der Waals surface area contributed by atoms with Gasteiger partial charge in [-0.3, -0.25) is 23.7 Å². The topological polar surface area (TPSA) is 281 Å². The molecule has 0 saturated heterocycles. The number of aliphatic hydroxyl groups excluding tert-OH is 6. The summed E-state index contributed by atoms with van der Waals surface area (Å²) in [4.78, 5) is 48.7. The Morgan fingerprint density at radius 2 is 0.853 bits per heavy atom. The number of carbonyl (C=O) groups excluding carboxylic acids is 4. The SMILES string of the molecule is CCCCCC[C@@H](O)C/C=C\CCCCCCCC(=O)OC(=O)CC(C(=O)OC(=O)CCCCCCC/C=C\C[C@H](O)CCCCCC)S(=O)(=O)O.OCCOCCO.OCCOCCO.[H-].[H-].[Na+].[Na+]. The zero-order valence-corrected chi connectivity index (χ0v) is 47.2. The molecular formula is C48H92Na2O17S. The van der Waals surface area contributed by atoms with Gasteiger partial charge in [0.15, 0.2) is 5.25 Å². The van der Waals surface area contributed by atoms with Crippen LogP contribution in [0.5, 0.6) is 0 Å². The van der Waals surface area contributed by atoms with Crippen molar-refractivity contribution in [1.29, 1.82) is 0 Å². The first-order chi connectivity index (χ1) is 31.7. The van der Waals surface area contributed by atoms with Crippen LogP contribution in [0.2, 0.25) is 0 Å². The third-order valence-corrected chi connectivity index (χ3v) is 10.9. The van der Waals surface area contributed by atoms with Gasteiger partial charge in [-0.2, -0.15) is 8.42 Å². The van der Waals surface area contributed by atoms with Crippen molar-refractivity contribution in [3.8, 4) is 0 Å². The summed E-state index contributed by atoms with van der Waals surface area (Å²) in [6.07, 6.45) is 28.1. The van der Waals surface area contributed by atoms with E-state index < -0.39 is 45.7 Å². The third kappa shape index (κ3) is 59.7. The minimum Gasteiger partial charge on any atom is -1.00 e. The van der Waals surface area contributed by atoms with Crippen molar-refractivity contribution in [1.82, 2.24) is 0 Å². The average molecular weight is 1020 g/mol. The average Bonchev–Trinajstić information content (AvgIpc) is 3.27. The Bertz CT molecular complexity index is 1300. The second-order valence-corrected chi connectivity index (χ2v) is 17.6. The Morgan fingerprint density at radius 1 is 0.500 bits per heavy atom. The van der Waals surface area contributed by atoms with Crippen LogP contribution in [0.25, 0.3) is 0 Å². The maximum Gasteiger partial charge on any atom is 1.00 e. The van der Waals surface area contributed by atoms with E-state index >= 15 is 0 Å². The minimum atomic E-state index is -5.12. The van der Waals surface area contributed by atoms with Gasteiger partial charge in [-0.05, 0) is 64.2 Å². The number of hydrogen-bond acceptors (Lipinski definition) is 16. The van der Waals surface area contributed by atoms with Crippen molar-refractivity contribution < 1.29 is 144 Å². The molecule has 0 aliphatic carbocycles. The fourth-order valence-electron chi connectivity index (χ4n) is 6.09. The number of rotatable bonds is 42. The van der Waals surface area contributed by atoms with E-state index in [-0.39, 0.29) is 113 Å². The second-order valence-electron chi connectivity index (χ2n) is 16.0. The summed E-state index contributed by atoms with van der Waals surface area (Å²) in [5, 5.41) is 49.9. The van der Waals surface area contributed by atoms with Crippen molar-refractivity contribution in [2.24, 2.45) is 0 Å². The van der Waals surface area contributed by atoms with Gasteiger partial charge in [0, 0.05) is 12.8 Å². The molecule has 1 unspecified atom stereocenters. The van der Waals surface area contributed by atoms with Crippen LogP contribution in [0.1, 0.15) is 190 Å². The first kappa shape index (κ1) is 76.3. The van der Waals surface area contributed by atoms with E-state index in [0.29, 0.717) is 58.5 Å². The Balaban J connectivity index is -0.000000381. The van der Waals surface area contributed by atoms with Gasteiger partial charge in [0.1, 0.15) is 0 Å². The van der Waals surface area contributed by atoms with Crippen LogP contribution in [0, 0.1) is 0 Å². The number of ether oxygens (including phenoxy) is 4. The molecule has 0 aliphatic rings. The van der Waals surface area contributed by atoms with Gasteiger partial charge >= 0.3 is 83.0 Å². The quantitative estimate of drug-likeness (QED) is 0.0112. The summed E-state index contributed by atoms with van der Waals surface area (Å²) in [7, 11) is -5.12. The van der Waals surface area contributed by atoms with Crippen molar-refractivity contribution in [2.45, 2.75) is 205 Å². The number of allylic oxidation sites excluding steroid dienone is 2. The Kier molecular flexibility index (Phi) is 66.1. The van der Waals surface area contributed by atoms with Crippen LogP contribution in [-0.4, -0.2) is 138 Å². The van der Waals surface area contributed by atoms with Crippen molar-refractivity contribution in [2.75, 3.05) is 52.9 Å². The first-order valence-corrected chi connectivity index (χ1v) is 25.9. The van der Waals surface area contributed by atoms with Crippen molar-refractivity contribution >= 4 is 34.0 Å². The molecule has 0 aromatic heterocycles. The number of esters is 4. The molecule has 0 bridgehead atoms. The predicted octanol–water partition coefficient (Wildman–Crippen LogP) is 0.997. The summed E-state index contributed by atoms with van der Waals surface area (Å²) in [6.45, 7) is 5.71. The molecule has 0 heterocycles. The van der Waals surface area contributed by atoms with Gasteiger partial charge in [-0.1, -0.05) is 128 Å². The molecule has 0 aromatic carbocycles. The zero-order valence-electron chi connectivity index (χ0n) is 44.4. The number of carbonyl (C=O) groups is 4. The van der Waals surface area contributed by atoms with E-state index in [9.17, 15) is 42.4 Å². The zero-order chi connectivity index (χ0) is 49.9. The molecule has 17 nitrogen and oxygen atoms in total. The molecule has 68 heavy (non-hydrogen) atoms. The maximum absolute atomic E-state index is 12.3. The van der Waals surface area contributed by atoms with Crippen LogP contribution in [-0.2, 0) is 48.2 Å². The second kappa shape index (κ2) is 58.9. The number of aliphatic hydroxyl groups is 6. The van der Waals surface area contributed by atoms with E-state index in [1.165, 1.54) is 25.7 Å². The van der Waals surface area contributed by atoms with E-state index in [1.54, 1.807) is 0 Å². The number of hydrogen-bond donors (Lipinski definition) is 7. The monoisotopic (exact) mass is 1020 g/mol. The van der Waals surface area contributed by atoms with Crippen molar-refractivity contribution in [3.63, 3.8) is 0 Å². The molecular weight excluding hydrogens is 927 g/mol. The van der Waals surface area contributed by atoms with Gasteiger partial charge < -0.3 is 52.4 Å². The third-order valence-electron chi connectivity index (χ3n) is 9.79. The van der Waals surface area contributed by atoms with Crippen molar-refractivity contribution in [3.05, 3.63) is 24.3 Å². The van der Waals surface area contributed by atoms with Crippen LogP contribution in [0.15, 0.2) is 24.3 Å². The Labute approximate surface area is 456 Å². The summed E-state index contributed by atoms with van der Waals surface area (Å²) in [6, 6.07) is 0. The van der Waals surface area contributed by atoms with Gasteiger partial charge in [0.25, 0.3) is 10.1 Å². The maximum atomic E-state index is 12.3. The van der Waals surface area contributed by atoms with Gasteiger partial charge in [0.2, 0.25) is 0 Å². The Morgan fingerprint density at radius 3 is 1.22 bits per heavy atom. The standard InChI is InChI=1S/C40H70O11S.2C4H10O3.2Na.2H/c1-3-5-7-21-27-34(41)29-23-17-13-9-11-15-19-25-31-37(43)50-39(45)33-36(52(47,48)49)40(46)51-38(44)32-26-20-16-12-10-14-18-24-30-35(42)28-22-8-6-4-2;2*5-1-3-7-4-2-6;;;;/h17-18,23-24,34-36,41-42H,3-16,19-22,25-33H2,1-2H3,(H,47,48,49);2*5-6H,1-4H2;;;;/q;;;2*+1;2*-1/b23-17-,24-18-;;;;;;/t34-,35-,36?;;;;;;/m1....../s1. The fourth-order valence-corrected chi connectivity index (χ4v) is 6.73. The smallest absolute Gasteiger partial charge is 1.00 e. The molecule has 0 aromatic rings. The molecule has 20 heteroatoms. The molecule has 0 fully saturated rings. The molecule has 0 aliphatic heterocycles. The molecule has 0 spiro atoms. The molecule has 0 saturated carbocycles. The van der Waals surface area contributed by atoms with Crippen LogP contribution >= 0.6 is 0 Å². The fraction of sp³-hybridized carbons (Fsp3) is 0.833. The molecule has 7 N–H and O–H groups in total. The molecule has 0 radical (unpaired) electrons. The van der Waals surface area contributed by atoms with E-state index in [0.717, 1.165) is 96.3 Å². The van der Waals surface area contributed by atoms with E-state index in [2.05, 4.69) is 44.9 Å². The summed E-state index contributed by atoms with van der Waals surface area (Å²) in [5.41, 5.74) is 0. The number of unbranched alkanes of at least 4 members (excludes halogenated alkanes) is 16. The van der Waals surface area contributed by atoms with Gasteiger partial charge in [-0.25, -0.2) is 0 Å². The van der Waals surface area contributed by atoms with Crippen LogP contribution in [0.3, 0.4) is 0 Å². The molecule has 0 rings (SSSR count). The van der Waals surface area contributed by atoms with Crippen LogP contribution in [0.4, 0.5) is 0 Å². The van der Waals surface area contributed by atoms with E-state index in [4.69, 9.17) is 20.4 Å². The predicted molar refractivity (Wildman–Crippen MR) is 256 cm³/mol.